The van der Waals surface area contributed by atoms with Crippen LogP contribution in [0, 0.1) is 12.8 Å². The van der Waals surface area contributed by atoms with Gasteiger partial charge in [0.15, 0.2) is 11.8 Å². The van der Waals surface area contributed by atoms with Gasteiger partial charge in [-0.1, -0.05) is 32.0 Å². The van der Waals surface area contributed by atoms with Crippen molar-refractivity contribution in [1.82, 2.24) is 25.4 Å². The van der Waals surface area contributed by atoms with Crippen molar-refractivity contribution in [2.24, 2.45) is 18.0 Å². The van der Waals surface area contributed by atoms with Crippen molar-refractivity contribution in [2.75, 3.05) is 44.8 Å². The number of rotatable bonds is 13. The van der Waals surface area contributed by atoms with Crippen LogP contribution in [0.1, 0.15) is 38.3 Å². The summed E-state index contributed by atoms with van der Waals surface area (Å²) in [5.41, 5.74) is 1.23. The molecular weight excluding hydrogens is 517 g/mol. The molecule has 0 saturated heterocycles. The van der Waals surface area contributed by atoms with Gasteiger partial charge >= 0.3 is 0 Å². The molecule has 8 nitrogen and oxygen atoms in total. The summed E-state index contributed by atoms with van der Waals surface area (Å²) in [4.78, 5) is 6.95. The van der Waals surface area contributed by atoms with Crippen LogP contribution in [-0.2, 0) is 18.3 Å². The van der Waals surface area contributed by atoms with Gasteiger partial charge in [-0.05, 0) is 37.8 Å². The number of halogens is 1. The number of hydrogen-bond acceptors (Lipinski definition) is 5. The van der Waals surface area contributed by atoms with Crippen LogP contribution in [0.15, 0.2) is 35.3 Å². The van der Waals surface area contributed by atoms with E-state index in [0.29, 0.717) is 25.6 Å². The van der Waals surface area contributed by atoms with Crippen molar-refractivity contribution in [3.63, 3.8) is 0 Å². The van der Waals surface area contributed by atoms with Crippen LogP contribution in [0.25, 0.3) is 0 Å². The third-order valence-electron chi connectivity index (χ3n) is 5.10. The minimum atomic E-state index is 0. The number of nitrogens with zero attached hydrogens (tertiary/aromatic N) is 5. The molecule has 1 aromatic heterocycles. The van der Waals surface area contributed by atoms with Gasteiger partial charge in [0.05, 0.1) is 6.61 Å². The van der Waals surface area contributed by atoms with Crippen molar-refractivity contribution < 1.29 is 4.74 Å². The van der Waals surface area contributed by atoms with E-state index in [1.54, 1.807) is 0 Å². The predicted molar refractivity (Wildman–Crippen MR) is 143 cm³/mol. The first-order valence-corrected chi connectivity index (χ1v) is 11.2. The second-order valence-corrected chi connectivity index (χ2v) is 8.15. The average Bonchev–Trinajstić information content (AvgIpc) is 3.09. The minimum Gasteiger partial charge on any atom is -0.380 e. The van der Waals surface area contributed by atoms with Crippen molar-refractivity contribution >= 4 is 35.6 Å². The van der Waals surface area contributed by atoms with Crippen molar-refractivity contribution in [2.45, 2.75) is 40.2 Å². The topological polar surface area (TPSA) is 79.6 Å². The molecule has 180 valence electrons. The monoisotopic (exact) mass is 557 g/mol. The number of hydrogen-bond donors (Lipinski definition) is 2. The normalized spacial score (nSPS) is 11.4. The second-order valence-electron chi connectivity index (χ2n) is 8.15. The highest BCUT2D eigenvalue weighted by Crippen LogP contribution is 2.10. The molecule has 0 unspecified atom stereocenters. The van der Waals surface area contributed by atoms with Gasteiger partial charge in [0.1, 0.15) is 12.4 Å². The molecule has 9 heteroatoms. The lowest BCUT2D eigenvalue weighted by Gasteiger charge is -2.19. The molecule has 2 aromatic rings. The highest BCUT2D eigenvalue weighted by Gasteiger charge is 2.06. The molecule has 0 aliphatic rings. The molecular formula is C23H40IN7O. The van der Waals surface area contributed by atoms with E-state index in [2.05, 4.69) is 70.9 Å². The lowest BCUT2D eigenvalue weighted by atomic mass is 10.1. The van der Waals surface area contributed by atoms with Crippen molar-refractivity contribution in [3.05, 3.63) is 42.0 Å². The molecule has 0 aliphatic carbocycles. The Morgan fingerprint density at radius 2 is 1.84 bits per heavy atom. The van der Waals surface area contributed by atoms with E-state index in [4.69, 9.17) is 9.73 Å². The molecule has 32 heavy (non-hydrogen) atoms. The fourth-order valence-corrected chi connectivity index (χ4v) is 2.91. The highest BCUT2D eigenvalue weighted by molar-refractivity contribution is 14.0. The number of ether oxygens (including phenoxy) is 1. The number of benzene rings is 1. The smallest absolute Gasteiger partial charge is 0.191 e. The van der Waals surface area contributed by atoms with Gasteiger partial charge in [-0.3, -0.25) is 0 Å². The maximum atomic E-state index is 5.71. The summed E-state index contributed by atoms with van der Waals surface area (Å²) in [6, 6.07) is 10.4. The van der Waals surface area contributed by atoms with Crippen LogP contribution in [0.5, 0.6) is 0 Å². The highest BCUT2D eigenvalue weighted by atomic mass is 127. The molecule has 0 radical (unpaired) electrons. The molecule has 1 aromatic carbocycles. The lowest BCUT2D eigenvalue weighted by Crippen LogP contribution is -2.40. The van der Waals surface area contributed by atoms with E-state index in [1.807, 2.05) is 24.6 Å². The standard InChI is InChI=1S/C23H39N7O.HI/c1-19(2)12-16-31-17-14-25-23(26-18-22-28-27-20(3)30(22)5)24-13-9-15-29(4)21-10-7-6-8-11-21;/h6-8,10-11,19H,9,12-18H2,1-5H3,(H2,24,25,26);1H. The van der Waals surface area contributed by atoms with E-state index < -0.39 is 0 Å². The molecule has 0 aliphatic heterocycles. The summed E-state index contributed by atoms with van der Waals surface area (Å²) >= 11 is 0. The summed E-state index contributed by atoms with van der Waals surface area (Å²) in [5.74, 6) is 3.16. The number of anilines is 1. The first-order valence-electron chi connectivity index (χ1n) is 11.2. The number of para-hydroxylation sites is 1. The maximum Gasteiger partial charge on any atom is 0.191 e. The maximum absolute atomic E-state index is 5.71. The van der Waals surface area contributed by atoms with E-state index in [9.17, 15) is 0 Å². The van der Waals surface area contributed by atoms with E-state index in [1.165, 1.54) is 5.69 Å². The molecule has 1 heterocycles. The summed E-state index contributed by atoms with van der Waals surface area (Å²) in [5, 5.41) is 15.1. The summed E-state index contributed by atoms with van der Waals surface area (Å²) in [7, 11) is 4.08. The first kappa shape index (κ1) is 28.2. The second kappa shape index (κ2) is 15.8. The van der Waals surface area contributed by atoms with Gasteiger partial charge in [-0.15, -0.1) is 34.2 Å². The SMILES string of the molecule is Cc1nnc(CN=C(NCCCN(C)c2ccccc2)NCCOCCC(C)C)n1C.I. The Balaban J connectivity index is 0.00000512. The zero-order chi connectivity index (χ0) is 22.5. The van der Waals surface area contributed by atoms with Gasteiger partial charge in [0, 0.05) is 46.0 Å². The van der Waals surface area contributed by atoms with Crippen LogP contribution >= 0.6 is 24.0 Å². The Bertz CT molecular complexity index is 780. The molecule has 0 saturated carbocycles. The molecule has 0 fully saturated rings. The summed E-state index contributed by atoms with van der Waals surface area (Å²) < 4.78 is 7.67. The lowest BCUT2D eigenvalue weighted by molar-refractivity contribution is 0.128. The number of aromatic nitrogens is 3. The Labute approximate surface area is 210 Å². The number of aryl methyl sites for hydroxylation is 1. The van der Waals surface area contributed by atoms with E-state index in [0.717, 1.165) is 50.1 Å². The molecule has 0 amide bonds. The molecule has 2 rings (SSSR count). The Morgan fingerprint density at radius 3 is 2.50 bits per heavy atom. The minimum absolute atomic E-state index is 0. The number of nitrogens with one attached hydrogen (secondary N) is 2. The third kappa shape index (κ3) is 10.6. The van der Waals surface area contributed by atoms with Crippen LogP contribution in [0.2, 0.25) is 0 Å². The summed E-state index contributed by atoms with van der Waals surface area (Å²) in [6.07, 6.45) is 2.08. The van der Waals surface area contributed by atoms with Gasteiger partial charge < -0.3 is 24.8 Å². The Hall–Kier alpha value is -1.88. The first-order chi connectivity index (χ1) is 15.0. The number of guanidine groups is 1. The largest absolute Gasteiger partial charge is 0.380 e. The average molecular weight is 558 g/mol. The van der Waals surface area contributed by atoms with Crippen LogP contribution in [0.3, 0.4) is 0 Å². The van der Waals surface area contributed by atoms with Crippen LogP contribution < -0.4 is 15.5 Å². The van der Waals surface area contributed by atoms with E-state index >= 15 is 0 Å². The predicted octanol–water partition coefficient (Wildman–Crippen LogP) is 3.37. The Kier molecular flexibility index (Phi) is 13.9. The molecule has 0 bridgehead atoms. The zero-order valence-electron chi connectivity index (χ0n) is 20.2. The van der Waals surface area contributed by atoms with Crippen molar-refractivity contribution in [1.29, 1.82) is 0 Å². The molecule has 0 spiro atoms. The van der Waals surface area contributed by atoms with Crippen LogP contribution in [-0.4, -0.2) is 60.6 Å². The van der Waals surface area contributed by atoms with Crippen LogP contribution in [0.4, 0.5) is 5.69 Å². The van der Waals surface area contributed by atoms with Gasteiger partial charge in [0.25, 0.3) is 0 Å². The third-order valence-corrected chi connectivity index (χ3v) is 5.10. The van der Waals surface area contributed by atoms with E-state index in [-0.39, 0.29) is 24.0 Å². The van der Waals surface area contributed by atoms with Crippen molar-refractivity contribution in [3.8, 4) is 0 Å². The molecule has 2 N–H and O–H groups in total. The summed E-state index contributed by atoms with van der Waals surface area (Å²) in [6.45, 7) is 10.8. The van der Waals surface area contributed by atoms with Gasteiger partial charge in [-0.25, -0.2) is 4.99 Å². The fraction of sp³-hybridized carbons (Fsp3) is 0.609. The van der Waals surface area contributed by atoms with Gasteiger partial charge in [-0.2, -0.15) is 0 Å². The molecule has 0 atom stereocenters. The fourth-order valence-electron chi connectivity index (χ4n) is 2.91. The quantitative estimate of drug-likeness (QED) is 0.170. The zero-order valence-corrected chi connectivity index (χ0v) is 22.5. The Morgan fingerprint density at radius 1 is 1.12 bits per heavy atom. The number of aliphatic imine (C=N–C) groups is 1. The van der Waals surface area contributed by atoms with Gasteiger partial charge in [0.2, 0.25) is 0 Å².